The fraction of sp³-hybridized carbons (Fsp3) is 0.636. The number of hydrogen-bond donors (Lipinski definition) is 1. The molecule has 1 aromatic carbocycles. The van der Waals surface area contributed by atoms with Gasteiger partial charge in [0.15, 0.2) is 11.5 Å². The summed E-state index contributed by atoms with van der Waals surface area (Å²) in [6.07, 6.45) is 9.39. The van der Waals surface area contributed by atoms with Crippen LogP contribution in [0.15, 0.2) is 24.3 Å². The largest absolute Gasteiger partial charge is 0.493 e. The first-order valence-electron chi connectivity index (χ1n) is 10.1. The Morgan fingerprint density at radius 2 is 2.19 bits per heavy atom. The molecule has 0 radical (unpaired) electrons. The Labute approximate surface area is 157 Å². The molecule has 4 heteroatoms. The van der Waals surface area contributed by atoms with Gasteiger partial charge in [0.05, 0.1) is 38.8 Å². The lowest BCUT2D eigenvalue weighted by Crippen LogP contribution is -2.47. The van der Waals surface area contributed by atoms with E-state index in [2.05, 4.69) is 32.2 Å². The molecule has 1 aromatic rings. The highest BCUT2D eigenvalue weighted by Crippen LogP contribution is 2.56. The quantitative estimate of drug-likeness (QED) is 0.497. The first-order valence-corrected chi connectivity index (χ1v) is 10.1. The van der Waals surface area contributed by atoms with Crippen LogP contribution in [0.5, 0.6) is 11.5 Å². The lowest BCUT2D eigenvalue weighted by atomic mass is 9.69. The summed E-state index contributed by atoms with van der Waals surface area (Å²) < 4.78 is 13.1. The molecule has 2 aliphatic heterocycles. The number of hydrogen-bond acceptors (Lipinski definition) is 3. The van der Waals surface area contributed by atoms with Crippen molar-refractivity contribution in [3.05, 3.63) is 35.4 Å². The summed E-state index contributed by atoms with van der Waals surface area (Å²) in [5.74, 6) is 1.73. The summed E-state index contributed by atoms with van der Waals surface area (Å²) in [4.78, 5) is 0. The highest BCUT2D eigenvalue weighted by molar-refractivity contribution is 5.60. The molecule has 1 aliphatic carbocycles. The van der Waals surface area contributed by atoms with Gasteiger partial charge >= 0.3 is 0 Å². The number of ether oxygens (including phenoxy) is 2. The molecule has 0 amide bonds. The first kappa shape index (κ1) is 17.9. The molecule has 0 bridgehead atoms. The van der Waals surface area contributed by atoms with Gasteiger partial charge in [0.2, 0.25) is 0 Å². The molecule has 4 atom stereocenters. The van der Waals surface area contributed by atoms with E-state index in [1.807, 2.05) is 6.08 Å². The minimum Gasteiger partial charge on any atom is -0.493 e. The first-order chi connectivity index (χ1) is 12.5. The zero-order valence-corrected chi connectivity index (χ0v) is 16.3. The molecule has 1 N–H and O–H groups in total. The number of unbranched alkanes of at least 4 members (excludes halogenated alkanes) is 2. The molecule has 4 nitrogen and oxygen atoms in total. The standard InChI is InChI=1S/C22H32NO3/c1-4-5-6-12-23(2)13-11-22-10-9-17(24)14-19(22)26-21-18(25-3)8-7-16(15-23)20(21)22/h7-10,17,19,24H,4-6,11-15H2,1-3H3/q+1/t17-,19-,22-,23+/m0/s1. The number of aliphatic hydroxyl groups is 1. The second-order valence-corrected chi connectivity index (χ2v) is 8.62. The lowest BCUT2D eigenvalue weighted by molar-refractivity contribution is -0.922. The minimum atomic E-state index is -0.414. The molecule has 1 spiro atoms. The topological polar surface area (TPSA) is 38.7 Å². The molecule has 0 unspecified atom stereocenters. The molecule has 2 heterocycles. The third-order valence-corrected chi connectivity index (χ3v) is 6.72. The third-order valence-electron chi connectivity index (χ3n) is 6.72. The van der Waals surface area contributed by atoms with Crippen LogP contribution < -0.4 is 9.47 Å². The number of methoxy groups -OCH3 is 1. The van der Waals surface area contributed by atoms with Gasteiger partial charge in [-0.15, -0.1) is 0 Å². The van der Waals surface area contributed by atoms with Crippen molar-refractivity contribution in [3.8, 4) is 11.5 Å². The van der Waals surface area contributed by atoms with E-state index in [0.717, 1.165) is 35.5 Å². The Kier molecular flexibility index (Phi) is 4.52. The predicted octanol–water partition coefficient (Wildman–Crippen LogP) is 3.56. The van der Waals surface area contributed by atoms with Crippen LogP contribution in [0.3, 0.4) is 0 Å². The molecule has 0 fully saturated rings. The van der Waals surface area contributed by atoms with Gasteiger partial charge in [0.25, 0.3) is 0 Å². The number of quaternary nitrogens is 1. The van der Waals surface area contributed by atoms with Crippen molar-refractivity contribution in [1.29, 1.82) is 0 Å². The van der Waals surface area contributed by atoms with Crippen LogP contribution in [0.25, 0.3) is 0 Å². The molecule has 0 saturated carbocycles. The van der Waals surface area contributed by atoms with E-state index in [0.29, 0.717) is 6.42 Å². The van der Waals surface area contributed by atoms with Crippen LogP contribution in [0.4, 0.5) is 0 Å². The Hall–Kier alpha value is -1.52. The van der Waals surface area contributed by atoms with Crippen molar-refractivity contribution >= 4 is 0 Å². The van der Waals surface area contributed by atoms with Gasteiger partial charge in [-0.1, -0.05) is 25.5 Å². The Morgan fingerprint density at radius 1 is 1.35 bits per heavy atom. The van der Waals surface area contributed by atoms with Crippen LogP contribution in [0.1, 0.15) is 50.2 Å². The second-order valence-electron chi connectivity index (χ2n) is 8.62. The molecule has 0 saturated heterocycles. The summed E-state index contributed by atoms with van der Waals surface area (Å²) in [6, 6.07) is 4.30. The van der Waals surface area contributed by atoms with Gasteiger partial charge in [-0.3, -0.25) is 0 Å². The van der Waals surface area contributed by atoms with Gasteiger partial charge < -0.3 is 19.1 Å². The van der Waals surface area contributed by atoms with E-state index in [4.69, 9.17) is 9.47 Å². The fourth-order valence-corrected chi connectivity index (χ4v) is 5.21. The van der Waals surface area contributed by atoms with Crippen LogP contribution in [-0.2, 0) is 12.0 Å². The zero-order valence-electron chi connectivity index (χ0n) is 16.3. The highest BCUT2D eigenvalue weighted by atomic mass is 16.5. The minimum absolute atomic E-state index is 0.00902. The smallest absolute Gasteiger partial charge is 0.166 e. The molecular formula is C22H32NO3+. The zero-order chi connectivity index (χ0) is 18.4. The van der Waals surface area contributed by atoms with Crippen LogP contribution in [0, 0.1) is 0 Å². The SMILES string of the molecule is CCCCC[N@+]1(C)CC[C@@]23C=C[C@H](O)C[C@@H]2Oc2c(OC)ccc(c23)C1. The van der Waals surface area contributed by atoms with Crippen molar-refractivity contribution in [3.63, 3.8) is 0 Å². The summed E-state index contributed by atoms with van der Waals surface area (Å²) in [5.41, 5.74) is 2.60. The summed E-state index contributed by atoms with van der Waals surface area (Å²) >= 11 is 0. The highest BCUT2D eigenvalue weighted by Gasteiger charge is 2.54. The van der Waals surface area contributed by atoms with Crippen molar-refractivity contribution in [2.24, 2.45) is 0 Å². The molecular weight excluding hydrogens is 326 g/mol. The predicted molar refractivity (Wildman–Crippen MR) is 103 cm³/mol. The maximum absolute atomic E-state index is 10.2. The Balaban J connectivity index is 1.78. The molecule has 142 valence electrons. The maximum atomic E-state index is 10.2. The number of aliphatic hydroxyl groups excluding tert-OH is 1. The van der Waals surface area contributed by atoms with Gasteiger partial charge in [0, 0.05) is 24.0 Å². The van der Waals surface area contributed by atoms with Gasteiger partial charge in [-0.25, -0.2) is 0 Å². The van der Waals surface area contributed by atoms with E-state index in [9.17, 15) is 5.11 Å². The van der Waals surface area contributed by atoms with Crippen LogP contribution in [0.2, 0.25) is 0 Å². The number of benzene rings is 1. The van der Waals surface area contributed by atoms with E-state index < -0.39 is 6.10 Å². The van der Waals surface area contributed by atoms with Crippen LogP contribution >= 0.6 is 0 Å². The summed E-state index contributed by atoms with van der Waals surface area (Å²) in [5, 5.41) is 10.2. The van der Waals surface area contributed by atoms with Crippen LogP contribution in [-0.4, -0.2) is 49.0 Å². The monoisotopic (exact) mass is 358 g/mol. The molecule has 0 aromatic heterocycles. The van der Waals surface area contributed by atoms with Crippen molar-refractivity contribution < 1.29 is 19.1 Å². The van der Waals surface area contributed by atoms with E-state index in [1.54, 1.807) is 7.11 Å². The van der Waals surface area contributed by atoms with Gasteiger partial charge in [-0.05, 0) is 25.0 Å². The summed E-state index contributed by atoms with van der Waals surface area (Å²) in [6.45, 7) is 5.68. The Bertz CT molecular complexity index is 716. The van der Waals surface area contributed by atoms with Crippen molar-refractivity contribution in [2.75, 3.05) is 27.2 Å². The van der Waals surface area contributed by atoms with Crippen molar-refractivity contribution in [1.82, 2.24) is 0 Å². The maximum Gasteiger partial charge on any atom is 0.166 e. The molecule has 3 aliphatic rings. The Morgan fingerprint density at radius 3 is 2.96 bits per heavy atom. The number of nitrogens with zero attached hydrogens (tertiary/aromatic N) is 1. The van der Waals surface area contributed by atoms with E-state index in [-0.39, 0.29) is 11.5 Å². The average molecular weight is 359 g/mol. The normalized spacial score (nSPS) is 34.6. The van der Waals surface area contributed by atoms with E-state index >= 15 is 0 Å². The van der Waals surface area contributed by atoms with E-state index in [1.165, 1.54) is 36.9 Å². The van der Waals surface area contributed by atoms with Gasteiger partial charge in [0.1, 0.15) is 12.6 Å². The summed E-state index contributed by atoms with van der Waals surface area (Å²) in [7, 11) is 4.11. The molecule has 26 heavy (non-hydrogen) atoms. The third kappa shape index (κ3) is 2.74. The second kappa shape index (κ2) is 6.58. The lowest BCUT2D eigenvalue weighted by Gasteiger charge is -2.37. The average Bonchev–Trinajstić information content (AvgIpc) is 2.89. The fourth-order valence-electron chi connectivity index (χ4n) is 5.21. The van der Waals surface area contributed by atoms with Gasteiger partial charge in [-0.2, -0.15) is 0 Å². The number of rotatable bonds is 5. The molecule has 4 rings (SSSR count). The van der Waals surface area contributed by atoms with Crippen molar-refractivity contribution in [2.45, 2.75) is 63.2 Å².